The lowest BCUT2D eigenvalue weighted by Gasteiger charge is -2.29. The molecule has 0 atom stereocenters. The summed E-state index contributed by atoms with van der Waals surface area (Å²) in [6.07, 6.45) is 2.62. The number of amides is 2. The molecule has 2 amide bonds. The van der Waals surface area contributed by atoms with Crippen LogP contribution in [-0.2, 0) is 16.0 Å². The van der Waals surface area contributed by atoms with E-state index in [4.69, 9.17) is 0 Å². The van der Waals surface area contributed by atoms with Crippen molar-refractivity contribution in [2.75, 3.05) is 18.0 Å². The first-order chi connectivity index (χ1) is 15.5. The molecule has 0 saturated carbocycles. The number of thioether (sulfide) groups is 1. The number of para-hydroxylation sites is 1. The highest BCUT2D eigenvalue weighted by Crippen LogP contribution is 2.41. The first-order valence-electron chi connectivity index (χ1n) is 10.4. The van der Waals surface area contributed by atoms with Crippen LogP contribution in [-0.4, -0.2) is 24.9 Å². The summed E-state index contributed by atoms with van der Waals surface area (Å²) in [6, 6.07) is 23.8. The molecule has 32 heavy (non-hydrogen) atoms. The Morgan fingerprint density at radius 3 is 2.62 bits per heavy atom. The Bertz CT molecular complexity index is 1170. The molecule has 1 aliphatic heterocycles. The monoisotopic (exact) mass is 506 g/mol. The summed E-state index contributed by atoms with van der Waals surface area (Å²) in [5.41, 5.74) is 4.08. The fraction of sp³-hybridized carbons (Fsp3) is 0.154. The molecule has 1 N–H and O–H groups in total. The summed E-state index contributed by atoms with van der Waals surface area (Å²) < 4.78 is 0.949. The number of nitrogens with one attached hydrogen (secondary N) is 1. The first-order valence-corrected chi connectivity index (χ1v) is 12.0. The highest BCUT2D eigenvalue weighted by molar-refractivity contribution is 9.10. The van der Waals surface area contributed by atoms with Crippen LogP contribution < -0.4 is 10.2 Å². The van der Waals surface area contributed by atoms with E-state index in [1.807, 2.05) is 54.6 Å². The van der Waals surface area contributed by atoms with Gasteiger partial charge in [-0.1, -0.05) is 81.8 Å². The summed E-state index contributed by atoms with van der Waals surface area (Å²) >= 11 is 4.91. The molecular formula is C26H23BrN2O2S. The lowest BCUT2D eigenvalue weighted by Crippen LogP contribution is -2.43. The molecule has 162 valence electrons. The summed E-state index contributed by atoms with van der Waals surface area (Å²) in [4.78, 5) is 29.1. The van der Waals surface area contributed by atoms with Crippen molar-refractivity contribution in [2.24, 2.45) is 0 Å². The fourth-order valence-corrected chi connectivity index (χ4v) is 4.94. The van der Waals surface area contributed by atoms with Gasteiger partial charge >= 0.3 is 0 Å². The van der Waals surface area contributed by atoms with Gasteiger partial charge in [-0.05, 0) is 54.8 Å². The van der Waals surface area contributed by atoms with Crippen LogP contribution in [0.25, 0.3) is 6.08 Å². The molecule has 0 radical (unpaired) electrons. The zero-order valence-electron chi connectivity index (χ0n) is 17.7. The van der Waals surface area contributed by atoms with E-state index >= 15 is 0 Å². The smallest absolute Gasteiger partial charge is 0.265 e. The summed E-state index contributed by atoms with van der Waals surface area (Å²) in [6.45, 7) is 2.57. The SMILES string of the molecule is Cc1ccc(CCNC(=O)CN2C(=O)/C(=C\c3cccc(Br)c3)Sc3ccccc32)cc1. The number of rotatable bonds is 6. The van der Waals surface area contributed by atoms with Gasteiger partial charge in [0.2, 0.25) is 5.91 Å². The molecule has 3 aromatic carbocycles. The van der Waals surface area contributed by atoms with Crippen LogP contribution in [0, 0.1) is 6.92 Å². The van der Waals surface area contributed by atoms with Gasteiger partial charge in [-0.15, -0.1) is 0 Å². The van der Waals surface area contributed by atoms with Crippen LogP contribution >= 0.6 is 27.7 Å². The number of aryl methyl sites for hydroxylation is 1. The molecule has 0 fully saturated rings. The molecule has 0 aliphatic carbocycles. The van der Waals surface area contributed by atoms with Gasteiger partial charge in [0.15, 0.2) is 0 Å². The topological polar surface area (TPSA) is 49.4 Å². The molecule has 0 bridgehead atoms. The second kappa shape index (κ2) is 10.2. The van der Waals surface area contributed by atoms with Crippen molar-refractivity contribution in [3.8, 4) is 0 Å². The van der Waals surface area contributed by atoms with Crippen LogP contribution in [0.5, 0.6) is 0 Å². The number of halogens is 1. The maximum atomic E-state index is 13.3. The maximum absolute atomic E-state index is 13.3. The van der Waals surface area contributed by atoms with E-state index in [9.17, 15) is 9.59 Å². The van der Waals surface area contributed by atoms with Gasteiger partial charge < -0.3 is 5.32 Å². The lowest BCUT2D eigenvalue weighted by molar-refractivity contribution is -0.122. The van der Waals surface area contributed by atoms with Crippen LogP contribution in [0.3, 0.4) is 0 Å². The van der Waals surface area contributed by atoms with Crippen LogP contribution in [0.15, 0.2) is 87.1 Å². The summed E-state index contributed by atoms with van der Waals surface area (Å²) in [7, 11) is 0. The van der Waals surface area contributed by atoms with Gasteiger partial charge in [0, 0.05) is 15.9 Å². The molecule has 1 heterocycles. The largest absolute Gasteiger partial charge is 0.354 e. The number of nitrogens with zero attached hydrogens (tertiary/aromatic N) is 1. The van der Waals surface area contributed by atoms with Gasteiger partial charge in [-0.3, -0.25) is 14.5 Å². The Morgan fingerprint density at radius 1 is 1.06 bits per heavy atom. The van der Waals surface area contributed by atoms with Gasteiger partial charge in [-0.2, -0.15) is 0 Å². The average molecular weight is 507 g/mol. The molecule has 0 spiro atoms. The molecule has 0 unspecified atom stereocenters. The summed E-state index contributed by atoms with van der Waals surface area (Å²) in [5, 5.41) is 2.95. The molecule has 4 nitrogen and oxygen atoms in total. The molecular weight excluding hydrogens is 484 g/mol. The minimum absolute atomic E-state index is 0.0138. The van der Waals surface area contributed by atoms with Gasteiger partial charge in [0.1, 0.15) is 6.54 Å². The third-order valence-electron chi connectivity index (χ3n) is 5.14. The Balaban J connectivity index is 1.48. The van der Waals surface area contributed by atoms with Crippen molar-refractivity contribution in [1.82, 2.24) is 5.32 Å². The first kappa shape index (κ1) is 22.4. The zero-order chi connectivity index (χ0) is 22.5. The molecule has 4 rings (SSSR count). The van der Waals surface area contributed by atoms with Crippen LogP contribution in [0.4, 0.5) is 5.69 Å². The molecule has 0 aromatic heterocycles. The highest BCUT2D eigenvalue weighted by Gasteiger charge is 2.30. The number of fused-ring (bicyclic) bond motifs is 1. The van der Waals surface area contributed by atoms with Crippen LogP contribution in [0.1, 0.15) is 16.7 Å². The predicted octanol–water partition coefficient (Wildman–Crippen LogP) is 5.60. The minimum Gasteiger partial charge on any atom is -0.354 e. The fourth-order valence-electron chi connectivity index (χ4n) is 3.47. The zero-order valence-corrected chi connectivity index (χ0v) is 20.1. The summed E-state index contributed by atoms with van der Waals surface area (Å²) in [5.74, 6) is -0.337. The molecule has 0 saturated heterocycles. The van der Waals surface area contributed by atoms with E-state index in [2.05, 4.69) is 52.4 Å². The molecule has 1 aliphatic rings. The van der Waals surface area contributed by atoms with E-state index in [0.29, 0.717) is 11.4 Å². The van der Waals surface area contributed by atoms with Crippen LogP contribution in [0.2, 0.25) is 0 Å². The number of hydrogen-bond donors (Lipinski definition) is 1. The maximum Gasteiger partial charge on any atom is 0.265 e. The standard InChI is InChI=1S/C26H23BrN2O2S/c1-18-9-11-19(12-10-18)13-14-28-25(30)17-29-22-7-2-3-8-23(22)32-24(26(29)31)16-20-5-4-6-21(27)15-20/h2-12,15-16H,13-14,17H2,1H3,(H,28,30)/b24-16+. The molecule has 3 aromatic rings. The normalized spacial score (nSPS) is 14.4. The Kier molecular flexibility index (Phi) is 7.12. The number of carbonyl (C=O) groups is 2. The number of hydrogen-bond acceptors (Lipinski definition) is 3. The average Bonchev–Trinajstić information content (AvgIpc) is 2.78. The van der Waals surface area contributed by atoms with Gasteiger partial charge in [-0.25, -0.2) is 0 Å². The van der Waals surface area contributed by atoms with Crippen molar-refractivity contribution in [3.63, 3.8) is 0 Å². The van der Waals surface area contributed by atoms with Crippen molar-refractivity contribution >= 4 is 51.3 Å². The Hall–Kier alpha value is -2.83. The number of carbonyl (C=O) groups excluding carboxylic acids is 2. The lowest BCUT2D eigenvalue weighted by atomic mass is 10.1. The second-order valence-electron chi connectivity index (χ2n) is 7.61. The second-order valence-corrected chi connectivity index (χ2v) is 9.61. The van der Waals surface area contributed by atoms with Crippen molar-refractivity contribution < 1.29 is 9.59 Å². The van der Waals surface area contributed by atoms with Crippen molar-refractivity contribution in [1.29, 1.82) is 0 Å². The number of anilines is 1. The van der Waals surface area contributed by atoms with E-state index in [0.717, 1.165) is 27.0 Å². The third-order valence-corrected chi connectivity index (χ3v) is 6.71. The Morgan fingerprint density at radius 2 is 1.84 bits per heavy atom. The number of benzene rings is 3. The predicted molar refractivity (Wildman–Crippen MR) is 135 cm³/mol. The quantitative estimate of drug-likeness (QED) is 0.443. The van der Waals surface area contributed by atoms with E-state index < -0.39 is 0 Å². The van der Waals surface area contributed by atoms with E-state index in [1.165, 1.54) is 22.9 Å². The highest BCUT2D eigenvalue weighted by atomic mass is 79.9. The van der Waals surface area contributed by atoms with Gasteiger partial charge in [0.05, 0.1) is 10.6 Å². The minimum atomic E-state index is -0.172. The van der Waals surface area contributed by atoms with Gasteiger partial charge in [0.25, 0.3) is 5.91 Å². The van der Waals surface area contributed by atoms with E-state index in [-0.39, 0.29) is 18.4 Å². The van der Waals surface area contributed by atoms with Crippen molar-refractivity contribution in [3.05, 3.63) is 98.9 Å². The Labute approximate surface area is 200 Å². The van der Waals surface area contributed by atoms with E-state index in [1.54, 1.807) is 4.90 Å². The van der Waals surface area contributed by atoms with Crippen molar-refractivity contribution in [2.45, 2.75) is 18.2 Å². The molecule has 6 heteroatoms. The third kappa shape index (κ3) is 5.50.